The lowest BCUT2D eigenvalue weighted by molar-refractivity contribution is -0.133. The zero-order valence-corrected chi connectivity index (χ0v) is 23.2. The summed E-state index contributed by atoms with van der Waals surface area (Å²) >= 11 is 0. The van der Waals surface area contributed by atoms with Crippen LogP contribution in [-0.4, -0.2) is 87.9 Å². The quantitative estimate of drug-likeness (QED) is 0.195. The Bertz CT molecular complexity index is 807. The molecular formula is C27H45N3O8. The van der Waals surface area contributed by atoms with Gasteiger partial charge in [0.05, 0.1) is 32.4 Å². The number of carbonyl (C=O) groups is 3. The molecule has 38 heavy (non-hydrogen) atoms. The van der Waals surface area contributed by atoms with Gasteiger partial charge in [-0.1, -0.05) is 45.9 Å². The largest absolute Gasteiger partial charge is 0.492 e. The van der Waals surface area contributed by atoms with Crippen LogP contribution in [-0.2, 0) is 23.8 Å². The van der Waals surface area contributed by atoms with Gasteiger partial charge in [0.2, 0.25) is 5.91 Å². The van der Waals surface area contributed by atoms with Crippen LogP contribution in [0.15, 0.2) is 30.3 Å². The summed E-state index contributed by atoms with van der Waals surface area (Å²) in [7, 11) is 1.56. The number of hydrogen-bond acceptors (Lipinski definition) is 8. The Morgan fingerprint density at radius 1 is 0.842 bits per heavy atom. The first-order valence-electron chi connectivity index (χ1n) is 13.1. The van der Waals surface area contributed by atoms with Crippen LogP contribution in [0.25, 0.3) is 0 Å². The fourth-order valence-electron chi connectivity index (χ4n) is 3.53. The number of rotatable bonds is 19. The minimum Gasteiger partial charge on any atom is -0.492 e. The van der Waals surface area contributed by atoms with Crippen molar-refractivity contribution in [3.05, 3.63) is 30.3 Å². The van der Waals surface area contributed by atoms with Gasteiger partial charge in [-0.15, -0.1) is 0 Å². The molecule has 0 aliphatic carbocycles. The summed E-state index contributed by atoms with van der Waals surface area (Å²) in [6.45, 7) is 9.14. The molecule has 0 fully saturated rings. The first kappa shape index (κ1) is 33.1. The highest BCUT2D eigenvalue weighted by Gasteiger charge is 2.31. The predicted octanol–water partition coefficient (Wildman–Crippen LogP) is 1.88. The molecule has 1 aromatic carbocycles. The number of aliphatic hydroxyl groups is 1. The second-order valence-electron chi connectivity index (χ2n) is 9.71. The molecule has 1 rings (SSSR count). The minimum absolute atomic E-state index is 0.0222. The molecule has 3 unspecified atom stereocenters. The number of amides is 3. The van der Waals surface area contributed by atoms with E-state index in [1.54, 1.807) is 19.2 Å². The SMILES string of the molecule is COCCOCCOC(=O)NC(CC(C)C)C(=O)NC(CC(C)C)C(O)C(=O)NCCOc1ccccc1. The van der Waals surface area contributed by atoms with Crippen LogP contribution in [0.1, 0.15) is 40.5 Å². The molecule has 11 nitrogen and oxygen atoms in total. The molecule has 0 aromatic heterocycles. The molecule has 11 heteroatoms. The van der Waals surface area contributed by atoms with Crippen molar-refractivity contribution in [2.45, 2.75) is 58.7 Å². The van der Waals surface area contributed by atoms with Crippen LogP contribution in [0.3, 0.4) is 0 Å². The number of para-hydroxylation sites is 1. The van der Waals surface area contributed by atoms with E-state index in [9.17, 15) is 19.5 Å². The molecule has 4 N–H and O–H groups in total. The van der Waals surface area contributed by atoms with Crippen LogP contribution in [0.4, 0.5) is 4.79 Å². The first-order valence-corrected chi connectivity index (χ1v) is 13.1. The second kappa shape index (κ2) is 19.2. The summed E-state index contributed by atoms with van der Waals surface area (Å²) < 4.78 is 20.8. The highest BCUT2D eigenvalue weighted by Crippen LogP contribution is 2.12. The molecule has 0 saturated carbocycles. The Labute approximate surface area is 225 Å². The highest BCUT2D eigenvalue weighted by molar-refractivity contribution is 5.87. The van der Waals surface area contributed by atoms with Crippen LogP contribution in [0.5, 0.6) is 5.75 Å². The summed E-state index contributed by atoms with van der Waals surface area (Å²) in [6.07, 6.45) is -1.52. The van der Waals surface area contributed by atoms with Crippen molar-refractivity contribution < 1.29 is 38.4 Å². The zero-order chi connectivity index (χ0) is 28.3. The third-order valence-electron chi connectivity index (χ3n) is 5.32. The van der Waals surface area contributed by atoms with Crippen LogP contribution >= 0.6 is 0 Å². The monoisotopic (exact) mass is 539 g/mol. The lowest BCUT2D eigenvalue weighted by Crippen LogP contribution is -2.56. The molecule has 3 amide bonds. The summed E-state index contributed by atoms with van der Waals surface area (Å²) in [5.41, 5.74) is 0. The summed E-state index contributed by atoms with van der Waals surface area (Å²) in [5, 5.41) is 18.7. The molecule has 0 aliphatic heterocycles. The van der Waals surface area contributed by atoms with Gasteiger partial charge < -0.3 is 40.0 Å². The van der Waals surface area contributed by atoms with Gasteiger partial charge in [-0.25, -0.2) is 4.79 Å². The fraction of sp³-hybridized carbons (Fsp3) is 0.667. The maximum Gasteiger partial charge on any atom is 0.407 e. The van der Waals surface area contributed by atoms with Gasteiger partial charge in [-0.05, 0) is 36.8 Å². The second-order valence-corrected chi connectivity index (χ2v) is 9.71. The smallest absolute Gasteiger partial charge is 0.407 e. The van der Waals surface area contributed by atoms with Crippen LogP contribution in [0.2, 0.25) is 0 Å². The zero-order valence-electron chi connectivity index (χ0n) is 23.2. The van der Waals surface area contributed by atoms with Crippen molar-refractivity contribution in [3.8, 4) is 5.75 Å². The normalized spacial score (nSPS) is 13.5. The summed E-state index contributed by atoms with van der Waals surface area (Å²) in [4.78, 5) is 38.0. The van der Waals surface area contributed by atoms with Crippen molar-refractivity contribution in [1.29, 1.82) is 0 Å². The van der Waals surface area contributed by atoms with Crippen LogP contribution in [0, 0.1) is 11.8 Å². The molecule has 0 spiro atoms. The third-order valence-corrected chi connectivity index (χ3v) is 5.32. The van der Waals surface area contributed by atoms with Crippen molar-refractivity contribution in [2.24, 2.45) is 11.8 Å². The average molecular weight is 540 g/mol. The van der Waals surface area contributed by atoms with E-state index in [2.05, 4.69) is 16.0 Å². The maximum atomic E-state index is 13.1. The number of methoxy groups -OCH3 is 1. The van der Waals surface area contributed by atoms with E-state index in [4.69, 9.17) is 18.9 Å². The van der Waals surface area contributed by atoms with Crippen molar-refractivity contribution in [3.63, 3.8) is 0 Å². The average Bonchev–Trinajstić information content (AvgIpc) is 2.87. The number of ether oxygens (including phenoxy) is 4. The standard InChI is InChI=1S/C27H45N3O8/c1-19(2)17-22(24(31)26(33)28-11-12-37-21-9-7-6-8-10-21)29-25(32)23(18-20(3)4)30-27(34)38-16-15-36-14-13-35-5/h6-10,19-20,22-24,31H,11-18H2,1-5H3,(H,28,33)(H,29,32)(H,30,34). The van der Waals surface area contributed by atoms with Crippen molar-refractivity contribution in [2.75, 3.05) is 46.7 Å². The molecule has 0 aliphatic rings. The Morgan fingerprint density at radius 3 is 2.13 bits per heavy atom. The van der Waals surface area contributed by atoms with Gasteiger partial charge in [0.25, 0.3) is 5.91 Å². The summed E-state index contributed by atoms with van der Waals surface area (Å²) in [5.74, 6) is -0.271. The molecular weight excluding hydrogens is 494 g/mol. The van der Waals surface area contributed by atoms with Gasteiger partial charge in [0, 0.05) is 7.11 Å². The van der Waals surface area contributed by atoms with Gasteiger partial charge in [0.1, 0.15) is 25.0 Å². The Hall–Kier alpha value is -2.89. The lowest BCUT2D eigenvalue weighted by Gasteiger charge is -2.28. The predicted molar refractivity (Wildman–Crippen MR) is 143 cm³/mol. The minimum atomic E-state index is -1.48. The molecule has 3 atom stereocenters. The van der Waals surface area contributed by atoms with E-state index in [1.807, 2.05) is 45.9 Å². The van der Waals surface area contributed by atoms with Gasteiger partial charge in [-0.2, -0.15) is 0 Å². The van der Waals surface area contributed by atoms with E-state index in [-0.39, 0.29) is 38.2 Å². The van der Waals surface area contributed by atoms with Crippen molar-refractivity contribution in [1.82, 2.24) is 16.0 Å². The van der Waals surface area contributed by atoms with Gasteiger partial charge >= 0.3 is 6.09 Å². The number of benzene rings is 1. The third kappa shape index (κ3) is 14.7. The molecule has 216 valence electrons. The van der Waals surface area contributed by atoms with E-state index in [0.717, 1.165) is 0 Å². The van der Waals surface area contributed by atoms with Gasteiger partial charge in [0.15, 0.2) is 6.10 Å². The number of carbonyl (C=O) groups excluding carboxylic acids is 3. The first-order chi connectivity index (χ1) is 18.1. The molecule has 0 radical (unpaired) electrons. The number of aliphatic hydroxyl groups excluding tert-OH is 1. The lowest BCUT2D eigenvalue weighted by atomic mass is 9.97. The topological polar surface area (TPSA) is 144 Å². The summed E-state index contributed by atoms with van der Waals surface area (Å²) in [6, 6.07) is 7.42. The van der Waals surface area contributed by atoms with E-state index in [1.165, 1.54) is 0 Å². The number of alkyl carbamates (subject to hydrolysis) is 1. The Morgan fingerprint density at radius 2 is 1.50 bits per heavy atom. The van der Waals surface area contributed by atoms with E-state index in [0.29, 0.717) is 31.8 Å². The highest BCUT2D eigenvalue weighted by atomic mass is 16.6. The van der Waals surface area contributed by atoms with Crippen molar-refractivity contribution >= 4 is 17.9 Å². The maximum absolute atomic E-state index is 13.1. The fourth-order valence-corrected chi connectivity index (χ4v) is 3.53. The molecule has 0 saturated heterocycles. The van der Waals surface area contributed by atoms with E-state index >= 15 is 0 Å². The number of nitrogens with one attached hydrogen (secondary N) is 3. The number of hydrogen-bond donors (Lipinski definition) is 4. The Balaban J connectivity index is 2.65. The van der Waals surface area contributed by atoms with Crippen LogP contribution < -0.4 is 20.7 Å². The Kier molecular flexibility index (Phi) is 16.8. The van der Waals surface area contributed by atoms with E-state index < -0.39 is 36.1 Å². The molecule has 0 heterocycles. The molecule has 0 bridgehead atoms. The molecule has 1 aromatic rings. The van der Waals surface area contributed by atoms with Gasteiger partial charge in [-0.3, -0.25) is 9.59 Å².